The van der Waals surface area contributed by atoms with Gasteiger partial charge in [-0.05, 0) is 18.2 Å². The molecule has 1 aromatic carbocycles. The maximum absolute atomic E-state index is 13.1. The first kappa shape index (κ1) is 26.8. The van der Waals surface area contributed by atoms with Gasteiger partial charge in [0.1, 0.15) is 0 Å². The van der Waals surface area contributed by atoms with Crippen LogP contribution < -0.4 is 16.2 Å². The van der Waals surface area contributed by atoms with Crippen molar-refractivity contribution in [2.45, 2.75) is 6.18 Å². The molecule has 0 saturated carbocycles. The van der Waals surface area contributed by atoms with Gasteiger partial charge in [-0.15, -0.1) is 5.10 Å². The van der Waals surface area contributed by atoms with Crippen LogP contribution in [0.2, 0.25) is 0 Å². The van der Waals surface area contributed by atoms with Crippen molar-refractivity contribution in [1.29, 1.82) is 0 Å². The average molecular weight is 519 g/mol. The Labute approximate surface area is 206 Å². The lowest BCUT2D eigenvalue weighted by molar-refractivity contribution is -0.138. The smallest absolute Gasteiger partial charge is 0.417 e. The number of anilines is 1. The lowest BCUT2D eigenvalue weighted by atomic mass is 10.1. The Bertz CT molecular complexity index is 1350. The fraction of sp³-hybridized carbons (Fsp3) is 0.227. The third-order valence-electron chi connectivity index (χ3n) is 5.18. The number of aromatic amines is 1. The highest BCUT2D eigenvalue weighted by Crippen LogP contribution is 2.32. The van der Waals surface area contributed by atoms with E-state index in [1.807, 2.05) is 0 Å². The van der Waals surface area contributed by atoms with Crippen LogP contribution in [0.5, 0.6) is 0 Å². The number of alkyl halides is 3. The van der Waals surface area contributed by atoms with E-state index < -0.39 is 35.1 Å². The van der Waals surface area contributed by atoms with Crippen molar-refractivity contribution in [3.63, 3.8) is 0 Å². The molecule has 3 heterocycles. The van der Waals surface area contributed by atoms with Crippen molar-refractivity contribution in [2.75, 3.05) is 31.1 Å². The van der Waals surface area contributed by atoms with E-state index in [0.29, 0.717) is 5.69 Å². The molecule has 3 aromatic rings. The number of rotatable bonds is 4. The number of carbonyl (C=O) groups is 3. The number of nitrogens with zero attached hydrogens (tertiary/aromatic N) is 5. The Balaban J connectivity index is 0.000000319. The van der Waals surface area contributed by atoms with E-state index in [-0.39, 0.29) is 43.3 Å². The topological polar surface area (TPSA) is 175 Å². The highest BCUT2D eigenvalue weighted by atomic mass is 19.4. The maximum atomic E-state index is 13.1. The summed E-state index contributed by atoms with van der Waals surface area (Å²) >= 11 is 0. The van der Waals surface area contributed by atoms with Crippen LogP contribution in [0.4, 0.5) is 18.9 Å². The molecule has 1 saturated heterocycles. The molecule has 15 heteroatoms. The van der Waals surface area contributed by atoms with Crippen LogP contribution in [0.15, 0.2) is 53.6 Å². The van der Waals surface area contributed by atoms with Crippen molar-refractivity contribution >= 4 is 23.5 Å². The molecule has 2 amide bonds. The van der Waals surface area contributed by atoms with Crippen molar-refractivity contribution in [3.8, 4) is 0 Å². The molecular formula is C22H20F3N7O5. The minimum atomic E-state index is -4.62. The van der Waals surface area contributed by atoms with Crippen molar-refractivity contribution in [2.24, 2.45) is 5.73 Å². The lowest BCUT2D eigenvalue weighted by Crippen LogP contribution is -2.49. The Morgan fingerprint density at radius 2 is 1.68 bits per heavy atom. The van der Waals surface area contributed by atoms with Crippen molar-refractivity contribution in [3.05, 3.63) is 81.8 Å². The molecule has 0 atom stereocenters. The second kappa shape index (κ2) is 11.3. The van der Waals surface area contributed by atoms with Gasteiger partial charge in [-0.3, -0.25) is 14.4 Å². The van der Waals surface area contributed by atoms with Crippen molar-refractivity contribution < 1.29 is 32.7 Å². The number of carboxylic acid groups (broad SMARTS) is 1. The van der Waals surface area contributed by atoms with Crippen LogP contribution in [0.3, 0.4) is 0 Å². The van der Waals surface area contributed by atoms with Crippen LogP contribution in [-0.4, -0.2) is 74.1 Å². The van der Waals surface area contributed by atoms with Gasteiger partial charge in [0.2, 0.25) is 0 Å². The summed E-state index contributed by atoms with van der Waals surface area (Å²) in [4.78, 5) is 53.4. The summed E-state index contributed by atoms with van der Waals surface area (Å²) in [6, 6.07) is 7.37. The zero-order valence-corrected chi connectivity index (χ0v) is 19.0. The molecular weight excluding hydrogens is 499 g/mol. The third-order valence-corrected chi connectivity index (χ3v) is 5.18. The van der Waals surface area contributed by atoms with Gasteiger partial charge in [-0.25, -0.2) is 9.78 Å². The van der Waals surface area contributed by atoms with Gasteiger partial charge < -0.3 is 25.6 Å². The van der Waals surface area contributed by atoms with Crippen molar-refractivity contribution in [1.82, 2.24) is 25.1 Å². The standard InChI is InChI=1S/C17H15F3N4O3.C5H5N3O2/c18-17(19,20)12-4-2-1-3-11(12)15(25)24-9-7-23(8-10-24)13-5-6-21-22-14(13)16(26)27;6-4(10)5-7-2-1-3(9)8-5/h1-6H,7-10H2,(H,26,27);1-2H,(H2,6,10)(H,7,8,9). The highest BCUT2D eigenvalue weighted by molar-refractivity contribution is 5.96. The summed E-state index contributed by atoms with van der Waals surface area (Å²) < 4.78 is 39.4. The molecule has 1 aliphatic heterocycles. The molecule has 0 spiro atoms. The van der Waals surface area contributed by atoms with Gasteiger partial charge in [-0.2, -0.15) is 18.3 Å². The summed E-state index contributed by atoms with van der Waals surface area (Å²) in [6.45, 7) is 0.858. The first-order chi connectivity index (χ1) is 17.5. The number of carboxylic acids is 1. The maximum Gasteiger partial charge on any atom is 0.417 e. The molecule has 1 aliphatic rings. The SMILES string of the molecule is NC(=O)c1nccc(=O)[nH]1.O=C(O)c1nnccc1N1CCN(C(=O)c2ccccc2C(F)(F)F)CC1. The second-order valence-corrected chi connectivity index (χ2v) is 7.54. The number of aromatic carboxylic acids is 1. The number of benzene rings is 1. The molecule has 37 heavy (non-hydrogen) atoms. The van der Waals surface area contributed by atoms with Gasteiger partial charge in [0.15, 0.2) is 11.5 Å². The molecule has 0 aliphatic carbocycles. The number of hydrogen-bond acceptors (Lipinski definition) is 8. The van der Waals surface area contributed by atoms with E-state index in [2.05, 4.69) is 20.2 Å². The van der Waals surface area contributed by atoms with Crippen LogP contribution in [0.1, 0.15) is 37.0 Å². The molecule has 0 unspecified atom stereocenters. The molecule has 2 aromatic heterocycles. The monoisotopic (exact) mass is 519 g/mol. The molecule has 1 fully saturated rings. The number of aromatic nitrogens is 4. The minimum Gasteiger partial charge on any atom is -0.476 e. The van der Waals surface area contributed by atoms with E-state index in [4.69, 9.17) is 5.73 Å². The summed E-state index contributed by atoms with van der Waals surface area (Å²) in [5.41, 5.74) is 3.22. The first-order valence-electron chi connectivity index (χ1n) is 10.6. The lowest BCUT2D eigenvalue weighted by Gasteiger charge is -2.36. The predicted molar refractivity (Wildman–Crippen MR) is 122 cm³/mol. The van der Waals surface area contributed by atoms with Crippen LogP contribution in [0, 0.1) is 0 Å². The molecule has 4 N–H and O–H groups in total. The highest BCUT2D eigenvalue weighted by Gasteiger charge is 2.36. The normalized spacial score (nSPS) is 13.4. The van der Waals surface area contributed by atoms with Gasteiger partial charge >= 0.3 is 12.1 Å². The largest absolute Gasteiger partial charge is 0.476 e. The van der Waals surface area contributed by atoms with E-state index in [1.165, 1.54) is 41.6 Å². The average Bonchev–Trinajstić information content (AvgIpc) is 2.88. The number of nitrogens with one attached hydrogen (secondary N) is 1. The molecule has 0 bridgehead atoms. The number of carbonyl (C=O) groups excluding carboxylic acids is 2. The molecule has 12 nitrogen and oxygen atoms in total. The Kier molecular flexibility index (Phi) is 8.16. The second-order valence-electron chi connectivity index (χ2n) is 7.54. The summed E-state index contributed by atoms with van der Waals surface area (Å²) in [6.07, 6.45) is -2.04. The van der Waals surface area contributed by atoms with E-state index >= 15 is 0 Å². The summed E-state index contributed by atoms with van der Waals surface area (Å²) in [5.74, 6) is -2.78. The van der Waals surface area contributed by atoms with E-state index in [0.717, 1.165) is 12.1 Å². The van der Waals surface area contributed by atoms with Crippen LogP contribution in [0.25, 0.3) is 0 Å². The fourth-order valence-corrected chi connectivity index (χ4v) is 3.47. The number of primary amides is 1. The number of halogens is 3. The first-order valence-corrected chi connectivity index (χ1v) is 10.6. The van der Waals surface area contributed by atoms with Gasteiger partial charge in [0.25, 0.3) is 17.4 Å². The van der Waals surface area contributed by atoms with Gasteiger partial charge in [-0.1, -0.05) is 12.1 Å². The van der Waals surface area contributed by atoms with Gasteiger partial charge in [0.05, 0.1) is 23.0 Å². The quantitative estimate of drug-likeness (QED) is 0.454. The number of nitrogens with two attached hydrogens (primary N) is 1. The Hall–Kier alpha value is -4.82. The molecule has 4 rings (SSSR count). The van der Waals surface area contributed by atoms with Crippen LogP contribution in [-0.2, 0) is 6.18 Å². The van der Waals surface area contributed by atoms with E-state index in [9.17, 15) is 37.5 Å². The number of hydrogen-bond donors (Lipinski definition) is 3. The minimum absolute atomic E-state index is 0.118. The Morgan fingerprint density at radius 1 is 1.00 bits per heavy atom. The molecule has 194 valence electrons. The fourth-order valence-electron chi connectivity index (χ4n) is 3.47. The zero-order valence-electron chi connectivity index (χ0n) is 19.0. The number of H-pyrrole nitrogens is 1. The summed E-state index contributed by atoms with van der Waals surface area (Å²) in [7, 11) is 0. The van der Waals surface area contributed by atoms with E-state index in [1.54, 1.807) is 4.90 Å². The molecule has 0 radical (unpaired) electrons. The number of amides is 2. The third kappa shape index (κ3) is 6.65. The number of piperazine rings is 1. The van der Waals surface area contributed by atoms with Gasteiger partial charge in [0, 0.05) is 38.4 Å². The predicted octanol–water partition coefficient (Wildman–Crippen LogP) is 1.02. The Morgan fingerprint density at radius 3 is 2.24 bits per heavy atom. The zero-order chi connectivity index (χ0) is 27.2. The summed E-state index contributed by atoms with van der Waals surface area (Å²) in [5, 5.41) is 16.3. The van der Waals surface area contributed by atoms with Crippen LogP contribution >= 0.6 is 0 Å².